The second-order valence-corrected chi connectivity index (χ2v) is 18.5. The Morgan fingerprint density at radius 2 is 0.852 bits per heavy atom. The number of fused-ring (bicyclic) bond motifs is 5. The van der Waals surface area contributed by atoms with E-state index < -0.39 is 0 Å². The first-order chi connectivity index (χ1) is 30.2. The Morgan fingerprint density at radius 3 is 1.52 bits per heavy atom. The van der Waals surface area contributed by atoms with Crippen LogP contribution in [0.5, 0.6) is 0 Å². The molecule has 0 N–H and O–H groups in total. The summed E-state index contributed by atoms with van der Waals surface area (Å²) in [5, 5.41) is 5.10. The van der Waals surface area contributed by atoms with Gasteiger partial charge in [0.25, 0.3) is 0 Å². The molecular formula is C60H47N. The Hall–Kier alpha value is -6.70. The number of nitrogens with zero attached hydrogens (tertiary/aromatic N) is 1. The smallest absolute Gasteiger partial charge is 0.0543 e. The van der Waals surface area contributed by atoms with Gasteiger partial charge in [0.2, 0.25) is 0 Å². The fourth-order valence-corrected chi connectivity index (χ4v) is 13.2. The van der Waals surface area contributed by atoms with Crippen molar-refractivity contribution < 1.29 is 0 Å². The van der Waals surface area contributed by atoms with E-state index in [1.54, 1.807) is 11.1 Å². The predicted molar refractivity (Wildman–Crippen MR) is 256 cm³/mol. The van der Waals surface area contributed by atoms with Gasteiger partial charge in [0.1, 0.15) is 0 Å². The van der Waals surface area contributed by atoms with E-state index in [1.165, 1.54) is 104 Å². The summed E-state index contributed by atoms with van der Waals surface area (Å²) < 4.78 is 0. The molecule has 0 saturated heterocycles. The first kappa shape index (κ1) is 35.1. The van der Waals surface area contributed by atoms with Gasteiger partial charge in [0.15, 0.2) is 0 Å². The van der Waals surface area contributed by atoms with Crippen molar-refractivity contribution in [2.45, 2.75) is 37.5 Å². The second kappa shape index (κ2) is 13.7. The summed E-state index contributed by atoms with van der Waals surface area (Å²) in [5.74, 6) is 3.14. The highest BCUT2D eigenvalue weighted by molar-refractivity contribution is 6.04. The molecule has 0 aromatic heterocycles. The zero-order valence-electron chi connectivity index (χ0n) is 34.3. The van der Waals surface area contributed by atoms with Crippen molar-refractivity contribution in [2.75, 3.05) is 4.90 Å². The van der Waals surface area contributed by atoms with E-state index in [2.05, 4.69) is 205 Å². The SMILES string of the molecule is c1ccc(-c2ccc(N(c3ccc(-c4cccc5ccccc45)cc3)c3cc4c(cc3-c3cccc5ccccc35)-c3ccccc3C43C4CC5CC(C4)CC3C5)cc2)cc1. The Morgan fingerprint density at radius 1 is 0.344 bits per heavy atom. The standard InChI is InChI=1S/C60H47N/c1-2-12-41(13-3-1)42-24-28-48(29-25-42)61(49-30-26-45(27-31-49)51-21-10-16-43-14-4-6-18-50(43)51)59-38-58-55(37-56(59)53-22-11-17-44-15-5-7-19-52(44)53)54-20-8-9-23-57(54)60(58)46-33-39-32-40(35-46)36-47(60)34-39/h1-31,37-40,46-47H,32-36H2. The van der Waals surface area contributed by atoms with Crippen molar-refractivity contribution in [1.82, 2.24) is 0 Å². The maximum atomic E-state index is 2.69. The second-order valence-electron chi connectivity index (χ2n) is 18.5. The molecule has 292 valence electrons. The van der Waals surface area contributed by atoms with Gasteiger partial charge in [-0.1, -0.05) is 164 Å². The van der Waals surface area contributed by atoms with E-state index >= 15 is 0 Å². The van der Waals surface area contributed by atoms with E-state index in [0.29, 0.717) is 11.8 Å². The molecule has 1 nitrogen and oxygen atoms in total. The van der Waals surface area contributed by atoms with Crippen molar-refractivity contribution in [3.05, 3.63) is 211 Å². The molecule has 4 saturated carbocycles. The molecule has 4 fully saturated rings. The summed E-state index contributed by atoms with van der Waals surface area (Å²) in [7, 11) is 0. The molecule has 5 aliphatic rings. The van der Waals surface area contributed by atoms with E-state index in [1.807, 2.05) is 0 Å². The fourth-order valence-electron chi connectivity index (χ4n) is 13.2. The Bertz CT molecular complexity index is 3100. The van der Waals surface area contributed by atoms with E-state index in [0.717, 1.165) is 23.2 Å². The molecule has 61 heavy (non-hydrogen) atoms. The lowest BCUT2D eigenvalue weighted by Gasteiger charge is -2.61. The third kappa shape index (κ3) is 5.33. The van der Waals surface area contributed by atoms with Crippen LogP contribution < -0.4 is 4.90 Å². The molecule has 0 heterocycles. The highest BCUT2D eigenvalue weighted by Crippen LogP contribution is 2.70. The quantitative estimate of drug-likeness (QED) is 0.162. The number of hydrogen-bond acceptors (Lipinski definition) is 1. The summed E-state index contributed by atoms with van der Waals surface area (Å²) in [6, 6.07) is 75.5. The lowest BCUT2D eigenvalue weighted by molar-refractivity contribution is -0.0399. The molecule has 0 radical (unpaired) electrons. The van der Waals surface area contributed by atoms with Gasteiger partial charge in [-0.2, -0.15) is 0 Å². The summed E-state index contributed by atoms with van der Waals surface area (Å²) in [5.41, 5.74) is 17.2. The maximum absolute atomic E-state index is 2.69. The van der Waals surface area contributed by atoms with Crippen LogP contribution in [-0.2, 0) is 5.41 Å². The van der Waals surface area contributed by atoms with Gasteiger partial charge in [-0.05, 0) is 164 Å². The first-order valence-electron chi connectivity index (χ1n) is 22.5. The van der Waals surface area contributed by atoms with E-state index in [9.17, 15) is 0 Å². The van der Waals surface area contributed by atoms with Crippen LogP contribution in [0, 0.1) is 23.7 Å². The molecule has 4 bridgehead atoms. The molecule has 9 aromatic rings. The number of hydrogen-bond donors (Lipinski definition) is 0. The van der Waals surface area contributed by atoms with Gasteiger partial charge >= 0.3 is 0 Å². The van der Waals surface area contributed by atoms with Gasteiger partial charge in [0, 0.05) is 22.4 Å². The lowest BCUT2D eigenvalue weighted by atomic mass is 9.43. The van der Waals surface area contributed by atoms with Crippen LogP contribution in [0.25, 0.3) is 66.1 Å². The average molecular weight is 782 g/mol. The van der Waals surface area contributed by atoms with Crippen molar-refractivity contribution in [3.8, 4) is 44.5 Å². The van der Waals surface area contributed by atoms with Crippen molar-refractivity contribution in [3.63, 3.8) is 0 Å². The number of rotatable bonds is 6. The van der Waals surface area contributed by atoms with Gasteiger partial charge in [0.05, 0.1) is 5.69 Å². The topological polar surface area (TPSA) is 3.24 Å². The first-order valence-corrected chi connectivity index (χ1v) is 22.5. The molecule has 0 amide bonds. The monoisotopic (exact) mass is 781 g/mol. The van der Waals surface area contributed by atoms with Crippen molar-refractivity contribution in [1.29, 1.82) is 0 Å². The fraction of sp³-hybridized carbons (Fsp3) is 0.167. The number of benzene rings is 9. The van der Waals surface area contributed by atoms with Gasteiger partial charge in [-0.3, -0.25) is 0 Å². The summed E-state index contributed by atoms with van der Waals surface area (Å²) >= 11 is 0. The van der Waals surface area contributed by atoms with Gasteiger partial charge in [-0.25, -0.2) is 0 Å². The van der Waals surface area contributed by atoms with Crippen LogP contribution in [-0.4, -0.2) is 0 Å². The zero-order valence-corrected chi connectivity index (χ0v) is 34.3. The van der Waals surface area contributed by atoms with Crippen LogP contribution >= 0.6 is 0 Å². The molecule has 0 aliphatic heterocycles. The third-order valence-corrected chi connectivity index (χ3v) is 15.4. The minimum absolute atomic E-state index is 0.0481. The van der Waals surface area contributed by atoms with E-state index in [-0.39, 0.29) is 5.41 Å². The summed E-state index contributed by atoms with van der Waals surface area (Å²) in [6.45, 7) is 0. The van der Waals surface area contributed by atoms with Crippen LogP contribution in [0.1, 0.15) is 43.2 Å². The van der Waals surface area contributed by atoms with Crippen LogP contribution in [0.2, 0.25) is 0 Å². The van der Waals surface area contributed by atoms with Gasteiger partial charge in [-0.15, -0.1) is 0 Å². The predicted octanol–water partition coefficient (Wildman–Crippen LogP) is 16.2. The highest BCUT2D eigenvalue weighted by Gasteiger charge is 2.61. The molecule has 1 spiro atoms. The molecular weight excluding hydrogens is 735 g/mol. The zero-order chi connectivity index (χ0) is 40.1. The van der Waals surface area contributed by atoms with Crippen LogP contribution in [0.4, 0.5) is 17.1 Å². The lowest BCUT2D eigenvalue weighted by Crippen LogP contribution is -2.55. The van der Waals surface area contributed by atoms with E-state index in [4.69, 9.17) is 0 Å². The molecule has 0 unspecified atom stereocenters. The molecule has 5 aliphatic carbocycles. The summed E-state index contributed by atoms with van der Waals surface area (Å²) in [6.07, 6.45) is 6.90. The largest absolute Gasteiger partial charge is 0.310 e. The average Bonchev–Trinajstić information content (AvgIpc) is 3.60. The molecule has 1 heteroatoms. The van der Waals surface area contributed by atoms with Crippen molar-refractivity contribution in [2.24, 2.45) is 23.7 Å². The Labute approximate surface area is 359 Å². The molecule has 14 rings (SSSR count). The van der Waals surface area contributed by atoms with Crippen LogP contribution in [0.3, 0.4) is 0 Å². The Balaban J connectivity index is 1.07. The molecule has 0 atom stereocenters. The third-order valence-electron chi connectivity index (χ3n) is 15.4. The van der Waals surface area contributed by atoms with Crippen molar-refractivity contribution >= 4 is 38.6 Å². The Kier molecular flexibility index (Phi) is 7.86. The number of anilines is 3. The maximum Gasteiger partial charge on any atom is 0.0543 e. The summed E-state index contributed by atoms with van der Waals surface area (Å²) in [4.78, 5) is 2.58. The minimum atomic E-state index is 0.0481. The minimum Gasteiger partial charge on any atom is -0.310 e. The molecule has 9 aromatic carbocycles. The highest BCUT2D eigenvalue weighted by atomic mass is 15.1. The van der Waals surface area contributed by atoms with Crippen LogP contribution in [0.15, 0.2) is 200 Å². The van der Waals surface area contributed by atoms with Gasteiger partial charge < -0.3 is 4.90 Å². The normalized spacial score (nSPS) is 21.8.